The molecule has 0 atom stereocenters. The minimum atomic E-state index is -4.27. The molecule has 3 aromatic carbocycles. The molecule has 1 saturated carbocycles. The van der Waals surface area contributed by atoms with Crippen molar-refractivity contribution in [3.8, 4) is 17.2 Å². The molecule has 196 valence electrons. The Bertz CT molecular complexity index is 1340. The molecule has 0 aliphatic heterocycles. The first-order valence-corrected chi connectivity index (χ1v) is 13.7. The van der Waals surface area contributed by atoms with Gasteiger partial charge in [0.1, 0.15) is 29.7 Å². The van der Waals surface area contributed by atoms with E-state index in [9.17, 15) is 17.6 Å². The first-order valence-electron chi connectivity index (χ1n) is 11.8. The van der Waals surface area contributed by atoms with Crippen LogP contribution in [0.5, 0.6) is 17.2 Å². The lowest BCUT2D eigenvalue weighted by atomic mass is 10.1. The Morgan fingerprint density at radius 2 is 1.65 bits per heavy atom. The predicted octanol–water partition coefficient (Wildman–Crippen LogP) is 5.75. The Morgan fingerprint density at radius 3 is 2.30 bits per heavy atom. The molecular formula is C27H27ClFNO6S. The molecule has 0 spiro atoms. The van der Waals surface area contributed by atoms with Crippen LogP contribution in [0.1, 0.15) is 41.6 Å². The van der Waals surface area contributed by atoms with Gasteiger partial charge in [0, 0.05) is 6.07 Å². The minimum absolute atomic E-state index is 0.0281. The van der Waals surface area contributed by atoms with Crippen molar-refractivity contribution in [2.45, 2.75) is 37.2 Å². The lowest BCUT2D eigenvalue weighted by molar-refractivity contribution is 0.0977. The Labute approximate surface area is 220 Å². The van der Waals surface area contributed by atoms with E-state index in [0.717, 1.165) is 49.1 Å². The SMILES string of the molecule is COc1ccc(COc2ccc(S(=O)(=O)NC(=O)c3cc(Cl)c(OCC4CCCC4)cc3F)cc2)cc1. The molecule has 1 fully saturated rings. The van der Waals surface area contributed by atoms with Crippen LogP contribution in [0.3, 0.4) is 0 Å². The number of methoxy groups -OCH3 is 1. The van der Waals surface area contributed by atoms with Crippen molar-refractivity contribution in [1.82, 2.24) is 4.72 Å². The Hall–Kier alpha value is -3.30. The number of ether oxygens (including phenoxy) is 3. The summed E-state index contributed by atoms with van der Waals surface area (Å²) in [6.07, 6.45) is 4.38. The number of hydrogen-bond donors (Lipinski definition) is 1. The van der Waals surface area contributed by atoms with Crippen LogP contribution >= 0.6 is 11.6 Å². The zero-order chi connectivity index (χ0) is 26.4. The average molecular weight is 548 g/mol. The minimum Gasteiger partial charge on any atom is -0.497 e. The van der Waals surface area contributed by atoms with Crippen LogP contribution in [-0.2, 0) is 16.6 Å². The molecule has 4 rings (SSSR count). The molecule has 3 aromatic rings. The van der Waals surface area contributed by atoms with Gasteiger partial charge in [0.15, 0.2) is 0 Å². The average Bonchev–Trinajstić information content (AvgIpc) is 3.42. The quantitative estimate of drug-likeness (QED) is 0.347. The van der Waals surface area contributed by atoms with Gasteiger partial charge in [-0.1, -0.05) is 36.6 Å². The molecule has 0 heterocycles. The Balaban J connectivity index is 1.37. The molecular weight excluding hydrogens is 521 g/mol. The monoisotopic (exact) mass is 547 g/mol. The van der Waals surface area contributed by atoms with E-state index in [4.69, 9.17) is 25.8 Å². The zero-order valence-electron chi connectivity index (χ0n) is 20.2. The van der Waals surface area contributed by atoms with Crippen molar-refractivity contribution in [1.29, 1.82) is 0 Å². The van der Waals surface area contributed by atoms with Crippen molar-refractivity contribution < 1.29 is 31.8 Å². The number of carbonyl (C=O) groups is 1. The van der Waals surface area contributed by atoms with Gasteiger partial charge in [-0.25, -0.2) is 17.5 Å². The van der Waals surface area contributed by atoms with Gasteiger partial charge in [0.05, 0.1) is 29.2 Å². The van der Waals surface area contributed by atoms with Crippen LogP contribution in [0.4, 0.5) is 4.39 Å². The van der Waals surface area contributed by atoms with E-state index in [1.54, 1.807) is 7.11 Å². The van der Waals surface area contributed by atoms with Crippen LogP contribution in [0.15, 0.2) is 65.6 Å². The summed E-state index contributed by atoms with van der Waals surface area (Å²) in [5, 5.41) is 0.0281. The van der Waals surface area contributed by atoms with Gasteiger partial charge in [0.25, 0.3) is 15.9 Å². The summed E-state index contributed by atoms with van der Waals surface area (Å²) in [6.45, 7) is 0.687. The predicted molar refractivity (Wildman–Crippen MR) is 137 cm³/mol. The highest BCUT2D eigenvalue weighted by Crippen LogP contribution is 2.31. The number of halogens is 2. The molecule has 7 nitrogen and oxygen atoms in total. The largest absolute Gasteiger partial charge is 0.497 e. The van der Waals surface area contributed by atoms with Crippen LogP contribution in [0.2, 0.25) is 5.02 Å². The standard InChI is InChI=1S/C27H27ClFNO6S/c1-34-20-8-6-19(7-9-20)16-35-21-10-12-22(13-11-21)37(32,33)30-27(31)23-14-24(28)26(15-25(23)29)36-17-18-4-2-3-5-18/h6-15,18H,2-5,16-17H2,1H3,(H,30,31). The first-order chi connectivity index (χ1) is 17.7. The highest BCUT2D eigenvalue weighted by molar-refractivity contribution is 7.90. The van der Waals surface area contributed by atoms with Crippen molar-refractivity contribution in [2.24, 2.45) is 5.92 Å². The van der Waals surface area contributed by atoms with Gasteiger partial charge in [-0.15, -0.1) is 0 Å². The summed E-state index contributed by atoms with van der Waals surface area (Å²) in [5.41, 5.74) is 0.404. The number of carbonyl (C=O) groups excluding carboxylic acids is 1. The van der Waals surface area contributed by atoms with Gasteiger partial charge >= 0.3 is 0 Å². The van der Waals surface area contributed by atoms with Crippen molar-refractivity contribution in [3.05, 3.63) is 82.6 Å². The number of rotatable bonds is 10. The topological polar surface area (TPSA) is 90.9 Å². The van der Waals surface area contributed by atoms with Gasteiger partial charge in [0.2, 0.25) is 0 Å². The van der Waals surface area contributed by atoms with Crippen molar-refractivity contribution in [2.75, 3.05) is 13.7 Å². The van der Waals surface area contributed by atoms with Gasteiger partial charge < -0.3 is 14.2 Å². The van der Waals surface area contributed by atoms with E-state index < -0.39 is 27.3 Å². The summed E-state index contributed by atoms with van der Waals surface area (Å²) in [4.78, 5) is 12.4. The molecule has 0 bridgehead atoms. The first kappa shape index (κ1) is 26.8. The van der Waals surface area contributed by atoms with Crippen LogP contribution in [-0.4, -0.2) is 28.0 Å². The summed E-state index contributed by atoms with van der Waals surface area (Å²) in [6, 6.07) is 14.9. The molecule has 1 aliphatic carbocycles. The molecule has 0 saturated heterocycles. The maximum absolute atomic E-state index is 14.7. The number of sulfonamides is 1. The summed E-state index contributed by atoms with van der Waals surface area (Å²) in [5.74, 6) is -0.386. The van der Waals surface area contributed by atoms with E-state index in [-0.39, 0.29) is 22.3 Å². The molecule has 37 heavy (non-hydrogen) atoms. The molecule has 1 aliphatic rings. The summed E-state index contributed by atoms with van der Waals surface area (Å²) in [7, 11) is -2.69. The maximum atomic E-state index is 14.7. The number of amides is 1. The fourth-order valence-electron chi connectivity index (χ4n) is 4.04. The summed E-state index contributed by atoms with van der Waals surface area (Å²) < 4.78 is 58.4. The third kappa shape index (κ3) is 6.93. The Kier molecular flexibility index (Phi) is 8.56. The fraction of sp³-hybridized carbons (Fsp3) is 0.296. The normalized spacial score (nSPS) is 13.8. The van der Waals surface area contributed by atoms with E-state index in [2.05, 4.69) is 0 Å². The smallest absolute Gasteiger partial charge is 0.268 e. The maximum Gasteiger partial charge on any atom is 0.268 e. The summed E-state index contributed by atoms with van der Waals surface area (Å²) >= 11 is 6.18. The van der Waals surface area contributed by atoms with Gasteiger partial charge in [-0.2, -0.15) is 0 Å². The van der Waals surface area contributed by atoms with Gasteiger partial charge in [-0.05, 0) is 66.8 Å². The van der Waals surface area contributed by atoms with Crippen molar-refractivity contribution in [3.63, 3.8) is 0 Å². The second-order valence-electron chi connectivity index (χ2n) is 8.77. The lowest BCUT2D eigenvalue weighted by Gasteiger charge is -2.14. The molecule has 0 radical (unpaired) electrons. The molecule has 1 amide bonds. The second-order valence-corrected chi connectivity index (χ2v) is 10.9. The highest BCUT2D eigenvalue weighted by atomic mass is 35.5. The number of hydrogen-bond acceptors (Lipinski definition) is 6. The number of benzene rings is 3. The fourth-order valence-corrected chi connectivity index (χ4v) is 5.22. The van der Waals surface area contributed by atoms with Crippen molar-refractivity contribution >= 4 is 27.5 Å². The van der Waals surface area contributed by atoms with E-state index >= 15 is 0 Å². The van der Waals surface area contributed by atoms with E-state index in [0.29, 0.717) is 18.3 Å². The molecule has 0 aromatic heterocycles. The van der Waals surface area contributed by atoms with Crippen LogP contribution < -0.4 is 18.9 Å². The van der Waals surface area contributed by atoms with Crippen LogP contribution in [0.25, 0.3) is 0 Å². The lowest BCUT2D eigenvalue weighted by Crippen LogP contribution is -2.31. The Morgan fingerprint density at radius 1 is 1.00 bits per heavy atom. The third-order valence-electron chi connectivity index (χ3n) is 6.14. The molecule has 0 unspecified atom stereocenters. The second kappa shape index (κ2) is 11.8. The molecule has 1 N–H and O–H groups in total. The van der Waals surface area contributed by atoms with E-state index in [1.165, 1.54) is 24.3 Å². The van der Waals surface area contributed by atoms with Crippen LogP contribution in [0, 0.1) is 11.7 Å². The number of nitrogens with one attached hydrogen (secondary N) is 1. The highest BCUT2D eigenvalue weighted by Gasteiger charge is 2.23. The molecule has 10 heteroatoms. The zero-order valence-corrected chi connectivity index (χ0v) is 21.8. The van der Waals surface area contributed by atoms with E-state index in [1.807, 2.05) is 29.0 Å². The third-order valence-corrected chi connectivity index (χ3v) is 7.78. The van der Waals surface area contributed by atoms with Gasteiger partial charge in [-0.3, -0.25) is 4.79 Å².